The molecule has 2 aromatic rings. The molecule has 8 heteroatoms. The van der Waals surface area contributed by atoms with E-state index in [1.54, 1.807) is 19.5 Å². The Bertz CT molecular complexity index is 788. The molecule has 1 aromatic carbocycles. The number of aromatic nitrogens is 2. The van der Waals surface area contributed by atoms with Crippen LogP contribution in [0.2, 0.25) is 0 Å². The van der Waals surface area contributed by atoms with Crippen LogP contribution in [-0.2, 0) is 0 Å². The van der Waals surface area contributed by atoms with E-state index in [4.69, 9.17) is 4.74 Å². The number of carbonyl (C=O) groups excluding carboxylic acids is 1. The van der Waals surface area contributed by atoms with E-state index in [-0.39, 0.29) is 5.91 Å². The van der Waals surface area contributed by atoms with Gasteiger partial charge in [0.15, 0.2) is 0 Å². The summed E-state index contributed by atoms with van der Waals surface area (Å²) in [5.41, 5.74) is 1.47. The number of benzene rings is 1. The van der Waals surface area contributed by atoms with E-state index < -0.39 is 0 Å². The Balaban J connectivity index is 1.52. The van der Waals surface area contributed by atoms with E-state index in [1.807, 2.05) is 32.3 Å². The van der Waals surface area contributed by atoms with Crippen molar-refractivity contribution >= 4 is 17.4 Å². The number of methoxy groups -OCH3 is 1. The number of nitrogens with one attached hydrogen (secondary N) is 1. The molecule has 0 unspecified atom stereocenters. The van der Waals surface area contributed by atoms with Crippen molar-refractivity contribution < 1.29 is 9.53 Å². The largest absolute Gasteiger partial charge is 0.495 e. The molecule has 1 fully saturated rings. The molecule has 1 aliphatic heterocycles. The predicted molar refractivity (Wildman–Crippen MR) is 115 cm³/mol. The number of amides is 1. The minimum Gasteiger partial charge on any atom is -0.495 e. The minimum absolute atomic E-state index is 0.177. The van der Waals surface area contributed by atoms with Crippen LogP contribution in [0.4, 0.5) is 11.5 Å². The third kappa shape index (κ3) is 5.57. The topological polar surface area (TPSA) is 73.8 Å². The van der Waals surface area contributed by atoms with Crippen LogP contribution in [0.25, 0.3) is 0 Å². The average molecular weight is 399 g/mol. The summed E-state index contributed by atoms with van der Waals surface area (Å²) in [7, 11) is 5.73. The summed E-state index contributed by atoms with van der Waals surface area (Å²) in [5, 5.41) is 2.89. The van der Waals surface area contributed by atoms with Gasteiger partial charge in [-0.15, -0.1) is 0 Å². The Kier molecular flexibility index (Phi) is 7.24. The first-order valence-electron chi connectivity index (χ1n) is 9.96. The summed E-state index contributed by atoms with van der Waals surface area (Å²) in [5.74, 6) is 1.51. The fourth-order valence-electron chi connectivity index (χ4n) is 3.36. The molecule has 2 heterocycles. The standard InChI is InChI=1S/C21H30N6O2/c1-25(2)10-6-9-22-21(28)17-15-24-20(16-23-17)27-13-11-26(12-14-27)18-7-4-5-8-19(18)29-3/h4-5,7-8,15-16H,6,9-14H2,1-3H3,(H,22,28). The average Bonchev–Trinajstić information content (AvgIpc) is 2.76. The molecule has 1 N–H and O–H groups in total. The van der Waals surface area contributed by atoms with Crippen molar-refractivity contribution in [2.45, 2.75) is 6.42 Å². The lowest BCUT2D eigenvalue weighted by atomic mass is 10.2. The number of nitrogens with zero attached hydrogens (tertiary/aromatic N) is 5. The molecule has 1 amide bonds. The number of hydrogen-bond donors (Lipinski definition) is 1. The molecule has 0 bridgehead atoms. The predicted octanol–water partition coefficient (Wildman–Crippen LogP) is 1.49. The molecule has 0 atom stereocenters. The zero-order valence-electron chi connectivity index (χ0n) is 17.5. The molecule has 0 radical (unpaired) electrons. The molecule has 0 aliphatic carbocycles. The highest BCUT2D eigenvalue weighted by Gasteiger charge is 2.21. The van der Waals surface area contributed by atoms with E-state index in [2.05, 4.69) is 36.1 Å². The highest BCUT2D eigenvalue weighted by Crippen LogP contribution is 2.28. The van der Waals surface area contributed by atoms with Crippen molar-refractivity contribution in [2.24, 2.45) is 0 Å². The van der Waals surface area contributed by atoms with E-state index in [0.29, 0.717) is 12.2 Å². The third-order valence-corrected chi connectivity index (χ3v) is 4.97. The summed E-state index contributed by atoms with van der Waals surface area (Å²) >= 11 is 0. The highest BCUT2D eigenvalue weighted by atomic mass is 16.5. The summed E-state index contributed by atoms with van der Waals surface area (Å²) in [6.45, 7) is 4.98. The smallest absolute Gasteiger partial charge is 0.271 e. The van der Waals surface area contributed by atoms with Gasteiger partial charge in [-0.05, 0) is 39.2 Å². The third-order valence-electron chi connectivity index (χ3n) is 4.97. The Labute approximate surface area is 172 Å². The molecular weight excluding hydrogens is 368 g/mol. The van der Waals surface area contributed by atoms with E-state index in [0.717, 1.165) is 56.4 Å². The van der Waals surface area contributed by atoms with Gasteiger partial charge >= 0.3 is 0 Å². The molecule has 29 heavy (non-hydrogen) atoms. The number of hydrogen-bond acceptors (Lipinski definition) is 7. The van der Waals surface area contributed by atoms with E-state index in [9.17, 15) is 4.79 Å². The van der Waals surface area contributed by atoms with Gasteiger partial charge in [-0.2, -0.15) is 0 Å². The lowest BCUT2D eigenvalue weighted by Gasteiger charge is -2.37. The summed E-state index contributed by atoms with van der Waals surface area (Å²) in [6, 6.07) is 8.08. The van der Waals surface area contributed by atoms with Crippen molar-refractivity contribution in [1.82, 2.24) is 20.2 Å². The number of piperazine rings is 1. The van der Waals surface area contributed by atoms with Crippen molar-refractivity contribution in [1.29, 1.82) is 0 Å². The van der Waals surface area contributed by atoms with Crippen LogP contribution in [0.3, 0.4) is 0 Å². The first-order chi connectivity index (χ1) is 14.1. The zero-order valence-corrected chi connectivity index (χ0v) is 17.5. The molecule has 0 saturated carbocycles. The lowest BCUT2D eigenvalue weighted by Crippen LogP contribution is -2.47. The van der Waals surface area contributed by atoms with Gasteiger partial charge < -0.3 is 24.8 Å². The second-order valence-corrected chi connectivity index (χ2v) is 7.32. The molecule has 1 saturated heterocycles. The number of anilines is 2. The number of ether oxygens (including phenoxy) is 1. The van der Waals surface area contributed by atoms with Gasteiger partial charge in [0.05, 0.1) is 25.2 Å². The van der Waals surface area contributed by atoms with Crippen molar-refractivity contribution in [3.8, 4) is 5.75 Å². The van der Waals surface area contributed by atoms with Crippen LogP contribution >= 0.6 is 0 Å². The molecule has 1 aliphatic rings. The van der Waals surface area contributed by atoms with Gasteiger partial charge in [0.25, 0.3) is 5.91 Å². The van der Waals surface area contributed by atoms with Crippen LogP contribution in [-0.4, -0.2) is 81.2 Å². The van der Waals surface area contributed by atoms with Crippen molar-refractivity contribution in [3.05, 3.63) is 42.4 Å². The second-order valence-electron chi connectivity index (χ2n) is 7.32. The fourth-order valence-corrected chi connectivity index (χ4v) is 3.36. The minimum atomic E-state index is -0.177. The highest BCUT2D eigenvalue weighted by molar-refractivity contribution is 5.91. The van der Waals surface area contributed by atoms with Crippen LogP contribution in [0.15, 0.2) is 36.7 Å². The SMILES string of the molecule is COc1ccccc1N1CCN(c2cnc(C(=O)NCCCN(C)C)cn2)CC1. The number of para-hydroxylation sites is 2. The van der Waals surface area contributed by atoms with Gasteiger partial charge in [0.1, 0.15) is 17.3 Å². The number of rotatable bonds is 8. The second kappa shape index (κ2) is 10.1. The van der Waals surface area contributed by atoms with Crippen molar-refractivity contribution in [2.75, 3.05) is 70.3 Å². The quantitative estimate of drug-likeness (QED) is 0.676. The van der Waals surface area contributed by atoms with Crippen LogP contribution in [0.1, 0.15) is 16.9 Å². The van der Waals surface area contributed by atoms with Crippen LogP contribution in [0, 0.1) is 0 Å². The van der Waals surface area contributed by atoms with E-state index in [1.165, 1.54) is 0 Å². The maximum atomic E-state index is 12.2. The zero-order chi connectivity index (χ0) is 20.6. The first-order valence-corrected chi connectivity index (χ1v) is 9.96. The summed E-state index contributed by atoms with van der Waals surface area (Å²) in [6.07, 6.45) is 4.15. The first kappa shape index (κ1) is 20.9. The summed E-state index contributed by atoms with van der Waals surface area (Å²) < 4.78 is 5.47. The van der Waals surface area contributed by atoms with Crippen LogP contribution < -0.4 is 19.9 Å². The fraction of sp³-hybridized carbons (Fsp3) is 0.476. The molecule has 1 aromatic heterocycles. The Hall–Kier alpha value is -2.87. The maximum absolute atomic E-state index is 12.2. The molecule has 0 spiro atoms. The maximum Gasteiger partial charge on any atom is 0.271 e. The van der Waals surface area contributed by atoms with Gasteiger partial charge in [0, 0.05) is 32.7 Å². The Morgan fingerprint density at radius 1 is 1.10 bits per heavy atom. The Morgan fingerprint density at radius 2 is 1.83 bits per heavy atom. The molecule has 3 rings (SSSR count). The molecule has 8 nitrogen and oxygen atoms in total. The number of carbonyl (C=O) groups is 1. The Morgan fingerprint density at radius 3 is 2.48 bits per heavy atom. The van der Waals surface area contributed by atoms with Crippen molar-refractivity contribution in [3.63, 3.8) is 0 Å². The van der Waals surface area contributed by atoms with Gasteiger partial charge in [-0.25, -0.2) is 9.97 Å². The normalized spacial score (nSPS) is 14.2. The summed E-state index contributed by atoms with van der Waals surface area (Å²) in [4.78, 5) is 27.6. The van der Waals surface area contributed by atoms with Crippen LogP contribution in [0.5, 0.6) is 5.75 Å². The van der Waals surface area contributed by atoms with Gasteiger partial charge in [0.2, 0.25) is 0 Å². The molecular formula is C21H30N6O2. The molecule has 156 valence electrons. The van der Waals surface area contributed by atoms with Gasteiger partial charge in [-0.3, -0.25) is 4.79 Å². The van der Waals surface area contributed by atoms with E-state index >= 15 is 0 Å². The van der Waals surface area contributed by atoms with Gasteiger partial charge in [-0.1, -0.05) is 12.1 Å². The lowest BCUT2D eigenvalue weighted by molar-refractivity contribution is 0.0947. The monoisotopic (exact) mass is 398 g/mol.